The van der Waals surface area contributed by atoms with Gasteiger partial charge in [-0.25, -0.2) is 0 Å². The number of carbonyl (C=O) groups excluding carboxylic acids is 1. The number of piperidine rings is 1. The Bertz CT molecular complexity index is 474. The summed E-state index contributed by atoms with van der Waals surface area (Å²) in [6.45, 7) is 9.13. The smallest absolute Gasteiger partial charge is 0.270 e. The van der Waals surface area contributed by atoms with Crippen LogP contribution in [0.15, 0.2) is 12.1 Å². The third kappa shape index (κ3) is 2.54. The maximum absolute atomic E-state index is 12.4. The minimum atomic E-state index is -0.714. The number of hydrogen-bond acceptors (Lipinski definition) is 2. The van der Waals surface area contributed by atoms with Crippen LogP contribution in [0.3, 0.4) is 0 Å². The average Bonchev–Trinajstić information content (AvgIpc) is 2.80. The van der Waals surface area contributed by atoms with E-state index >= 15 is 0 Å². The maximum atomic E-state index is 12.4. The molecule has 2 heterocycles. The first-order valence-electron chi connectivity index (χ1n) is 6.96. The van der Waals surface area contributed by atoms with Crippen molar-refractivity contribution in [2.24, 2.45) is 5.41 Å². The summed E-state index contributed by atoms with van der Waals surface area (Å²) in [5, 5.41) is 10.4. The number of amides is 1. The summed E-state index contributed by atoms with van der Waals surface area (Å²) in [5.41, 5.74) is 0.718. The number of rotatable bonds is 2. The van der Waals surface area contributed by atoms with Gasteiger partial charge in [-0.1, -0.05) is 20.8 Å². The van der Waals surface area contributed by atoms with Crippen LogP contribution in [0.2, 0.25) is 0 Å². The van der Waals surface area contributed by atoms with Crippen molar-refractivity contribution in [1.82, 2.24) is 9.88 Å². The average molecular weight is 264 g/mol. The third-order valence-electron chi connectivity index (χ3n) is 4.56. The van der Waals surface area contributed by atoms with Gasteiger partial charge in [0.2, 0.25) is 0 Å². The van der Waals surface area contributed by atoms with Gasteiger partial charge < -0.3 is 15.0 Å². The molecule has 106 valence electrons. The summed E-state index contributed by atoms with van der Waals surface area (Å²) in [4.78, 5) is 17.4. The number of aromatic amines is 1. The molecule has 1 aromatic heterocycles. The van der Waals surface area contributed by atoms with Crippen molar-refractivity contribution in [1.29, 1.82) is 0 Å². The fraction of sp³-hybridized carbons (Fsp3) is 0.667. The lowest BCUT2D eigenvalue weighted by molar-refractivity contribution is -0.0971. The quantitative estimate of drug-likeness (QED) is 0.860. The highest BCUT2D eigenvalue weighted by atomic mass is 16.3. The molecular weight excluding hydrogens is 240 g/mol. The maximum Gasteiger partial charge on any atom is 0.270 e. The molecule has 0 bridgehead atoms. The van der Waals surface area contributed by atoms with Crippen molar-refractivity contribution in [2.75, 3.05) is 13.1 Å². The van der Waals surface area contributed by atoms with E-state index in [1.165, 1.54) is 0 Å². The molecule has 2 rings (SSSR count). The lowest BCUT2D eigenvalue weighted by Crippen LogP contribution is -2.57. The lowest BCUT2D eigenvalue weighted by atomic mass is 9.71. The summed E-state index contributed by atoms with van der Waals surface area (Å²) in [6, 6.07) is 3.80. The minimum Gasteiger partial charge on any atom is -0.389 e. The van der Waals surface area contributed by atoms with Crippen molar-refractivity contribution >= 4 is 5.91 Å². The fourth-order valence-electron chi connectivity index (χ4n) is 2.53. The van der Waals surface area contributed by atoms with E-state index in [-0.39, 0.29) is 11.3 Å². The van der Waals surface area contributed by atoms with E-state index in [9.17, 15) is 9.90 Å². The number of hydrogen-bond donors (Lipinski definition) is 2. The normalized spacial score (nSPS) is 26.5. The summed E-state index contributed by atoms with van der Waals surface area (Å²) >= 11 is 0. The number of carbonyl (C=O) groups is 1. The highest BCUT2D eigenvalue weighted by molar-refractivity contribution is 5.92. The zero-order valence-electron chi connectivity index (χ0n) is 12.3. The molecule has 0 radical (unpaired) electrons. The van der Waals surface area contributed by atoms with Gasteiger partial charge in [0.1, 0.15) is 5.69 Å². The number of nitrogens with one attached hydrogen (secondary N) is 1. The first-order valence-corrected chi connectivity index (χ1v) is 6.96. The molecule has 1 aliphatic rings. The Balaban J connectivity index is 2.13. The van der Waals surface area contributed by atoms with Crippen molar-refractivity contribution < 1.29 is 9.90 Å². The summed E-state index contributed by atoms with van der Waals surface area (Å²) in [5.74, 6) is 0.0308. The van der Waals surface area contributed by atoms with Gasteiger partial charge in [0.25, 0.3) is 5.91 Å². The number of aliphatic hydroxyl groups is 1. The molecule has 2 N–H and O–H groups in total. The topological polar surface area (TPSA) is 56.3 Å². The Hall–Kier alpha value is -1.29. The number of H-pyrrole nitrogens is 1. The van der Waals surface area contributed by atoms with Gasteiger partial charge in [-0.3, -0.25) is 4.79 Å². The predicted octanol–water partition coefficient (Wildman–Crippen LogP) is 2.20. The molecule has 19 heavy (non-hydrogen) atoms. The van der Waals surface area contributed by atoms with Gasteiger partial charge in [0, 0.05) is 24.2 Å². The second-order valence-electron chi connectivity index (χ2n) is 6.39. The van der Waals surface area contributed by atoms with Gasteiger partial charge in [0.05, 0.1) is 5.60 Å². The monoisotopic (exact) mass is 264 g/mol. The largest absolute Gasteiger partial charge is 0.389 e. The molecule has 4 nitrogen and oxygen atoms in total. The van der Waals surface area contributed by atoms with E-state index in [0.29, 0.717) is 25.2 Å². The predicted molar refractivity (Wildman–Crippen MR) is 75.1 cm³/mol. The van der Waals surface area contributed by atoms with Gasteiger partial charge >= 0.3 is 0 Å². The molecule has 1 amide bonds. The van der Waals surface area contributed by atoms with Crippen molar-refractivity contribution in [3.8, 4) is 0 Å². The molecule has 4 heteroatoms. The zero-order valence-corrected chi connectivity index (χ0v) is 12.3. The van der Waals surface area contributed by atoms with E-state index in [2.05, 4.69) is 11.9 Å². The molecule has 1 fully saturated rings. The molecule has 1 atom stereocenters. The number of aromatic nitrogens is 1. The van der Waals surface area contributed by atoms with Crippen LogP contribution in [-0.2, 0) is 6.42 Å². The van der Waals surface area contributed by atoms with Gasteiger partial charge in [-0.05, 0) is 31.9 Å². The van der Waals surface area contributed by atoms with E-state index in [1.807, 2.05) is 37.8 Å². The fourth-order valence-corrected chi connectivity index (χ4v) is 2.53. The Morgan fingerprint density at radius 2 is 2.11 bits per heavy atom. The van der Waals surface area contributed by atoms with Gasteiger partial charge in [0.15, 0.2) is 0 Å². The van der Waals surface area contributed by atoms with Gasteiger partial charge in [-0.2, -0.15) is 0 Å². The summed E-state index contributed by atoms with van der Waals surface area (Å²) < 4.78 is 0. The first-order chi connectivity index (χ1) is 8.77. The van der Waals surface area contributed by atoms with E-state index in [0.717, 1.165) is 12.1 Å². The van der Waals surface area contributed by atoms with Crippen LogP contribution < -0.4 is 0 Å². The highest BCUT2D eigenvalue weighted by Crippen LogP contribution is 2.38. The van der Waals surface area contributed by atoms with E-state index in [1.54, 1.807) is 0 Å². The minimum absolute atomic E-state index is 0.0308. The van der Waals surface area contributed by atoms with Crippen LogP contribution in [-0.4, -0.2) is 39.6 Å². The number of likely N-dealkylation sites (tertiary alicyclic amines) is 1. The zero-order chi connectivity index (χ0) is 14.3. The van der Waals surface area contributed by atoms with Crippen LogP contribution in [0, 0.1) is 5.41 Å². The Labute approximate surface area is 114 Å². The summed E-state index contributed by atoms with van der Waals surface area (Å²) in [7, 11) is 0. The molecule has 1 aromatic rings. The van der Waals surface area contributed by atoms with Crippen LogP contribution in [0.25, 0.3) is 0 Å². The molecule has 1 aliphatic heterocycles. The van der Waals surface area contributed by atoms with Crippen LogP contribution in [0.5, 0.6) is 0 Å². The molecule has 0 aromatic carbocycles. The Kier molecular flexibility index (Phi) is 3.47. The number of aryl methyl sites for hydroxylation is 1. The van der Waals surface area contributed by atoms with Crippen molar-refractivity contribution in [2.45, 2.75) is 46.1 Å². The molecular formula is C15H24N2O2. The Morgan fingerprint density at radius 1 is 1.42 bits per heavy atom. The van der Waals surface area contributed by atoms with E-state index in [4.69, 9.17) is 0 Å². The Morgan fingerprint density at radius 3 is 2.63 bits per heavy atom. The molecule has 0 saturated carbocycles. The molecule has 1 saturated heterocycles. The molecule has 0 aliphatic carbocycles. The SMILES string of the molecule is CCc1ccc(C(=O)N2CC[C@](C)(O)C(C)(C)C2)[nH]1. The summed E-state index contributed by atoms with van der Waals surface area (Å²) in [6.07, 6.45) is 1.51. The lowest BCUT2D eigenvalue weighted by Gasteiger charge is -2.48. The third-order valence-corrected chi connectivity index (χ3v) is 4.56. The van der Waals surface area contributed by atoms with Crippen LogP contribution >= 0.6 is 0 Å². The standard InChI is InChI=1S/C15H24N2O2/c1-5-11-6-7-12(16-11)13(18)17-9-8-15(4,19)14(2,3)10-17/h6-7,16,19H,5,8-10H2,1-4H3/t15-/m0/s1. The highest BCUT2D eigenvalue weighted by Gasteiger charge is 2.45. The molecule has 0 unspecified atom stereocenters. The van der Waals surface area contributed by atoms with Crippen molar-refractivity contribution in [3.63, 3.8) is 0 Å². The van der Waals surface area contributed by atoms with E-state index < -0.39 is 5.60 Å². The first kappa shape index (κ1) is 14.1. The second-order valence-corrected chi connectivity index (χ2v) is 6.39. The van der Waals surface area contributed by atoms with Crippen LogP contribution in [0.4, 0.5) is 0 Å². The van der Waals surface area contributed by atoms with Crippen molar-refractivity contribution in [3.05, 3.63) is 23.5 Å². The molecule has 0 spiro atoms. The number of nitrogens with zero attached hydrogens (tertiary/aromatic N) is 1. The van der Waals surface area contributed by atoms with Crippen LogP contribution in [0.1, 0.15) is 50.3 Å². The van der Waals surface area contributed by atoms with Gasteiger partial charge in [-0.15, -0.1) is 0 Å². The second kappa shape index (κ2) is 4.67.